The Bertz CT molecular complexity index is 483. The minimum Gasteiger partial charge on any atom is -0.331 e. The van der Waals surface area contributed by atoms with E-state index in [9.17, 15) is 14.4 Å². The lowest BCUT2D eigenvalue weighted by molar-refractivity contribution is -0.196. The highest BCUT2D eigenvalue weighted by molar-refractivity contribution is 6.03. The van der Waals surface area contributed by atoms with Crippen LogP contribution in [-0.4, -0.2) is 22.8 Å². The van der Waals surface area contributed by atoms with E-state index in [0.29, 0.717) is 11.5 Å². The third-order valence-electron chi connectivity index (χ3n) is 2.74. The van der Waals surface area contributed by atoms with E-state index >= 15 is 0 Å². The van der Waals surface area contributed by atoms with Crippen LogP contribution in [0, 0.1) is 5.92 Å². The maximum absolute atomic E-state index is 11.9. The van der Waals surface area contributed by atoms with E-state index in [1.54, 1.807) is 0 Å². The van der Waals surface area contributed by atoms with Gasteiger partial charge in [0.2, 0.25) is 0 Å². The number of carbonyl (C=O) groups excluding carboxylic acids is 3. The van der Waals surface area contributed by atoms with Crippen molar-refractivity contribution >= 4 is 17.8 Å². The first-order valence-electron chi connectivity index (χ1n) is 5.67. The average Bonchev–Trinajstić information content (AvgIpc) is 2.58. The molecule has 1 aliphatic rings. The largest absolute Gasteiger partial charge is 0.331 e. The lowest BCUT2D eigenvalue weighted by Crippen LogP contribution is -2.32. The Kier molecular flexibility index (Phi) is 3.41. The molecule has 0 saturated carbocycles. The van der Waals surface area contributed by atoms with Gasteiger partial charge in [0.1, 0.15) is 0 Å². The fourth-order valence-electron chi connectivity index (χ4n) is 1.95. The van der Waals surface area contributed by atoms with Crippen LogP contribution in [0.5, 0.6) is 0 Å². The number of imide groups is 1. The number of benzene rings is 1. The summed E-state index contributed by atoms with van der Waals surface area (Å²) in [7, 11) is 0. The Balaban J connectivity index is 2.06. The van der Waals surface area contributed by atoms with Crippen LogP contribution in [0.4, 0.5) is 0 Å². The molecule has 1 aromatic carbocycles. The fourth-order valence-corrected chi connectivity index (χ4v) is 1.95. The van der Waals surface area contributed by atoms with Crippen molar-refractivity contribution in [3.63, 3.8) is 0 Å². The molecule has 5 nitrogen and oxygen atoms in total. The normalized spacial score (nSPS) is 19.2. The molecule has 1 fully saturated rings. The van der Waals surface area contributed by atoms with Gasteiger partial charge in [0.05, 0.1) is 5.92 Å². The average molecular weight is 247 g/mol. The Morgan fingerprint density at radius 3 is 2.61 bits per heavy atom. The second-order valence-electron chi connectivity index (χ2n) is 4.20. The molecule has 2 amide bonds. The summed E-state index contributed by atoms with van der Waals surface area (Å²) in [6, 6.07) is 9.43. The topological polar surface area (TPSA) is 63.7 Å². The zero-order chi connectivity index (χ0) is 13.1. The molecule has 0 aromatic heterocycles. The molecule has 1 saturated heterocycles. The van der Waals surface area contributed by atoms with Gasteiger partial charge in [-0.15, -0.1) is 5.06 Å². The Labute approximate surface area is 104 Å². The van der Waals surface area contributed by atoms with E-state index in [2.05, 4.69) is 4.84 Å². The van der Waals surface area contributed by atoms with Gasteiger partial charge in [0.15, 0.2) is 0 Å². The van der Waals surface area contributed by atoms with Crippen LogP contribution in [0.3, 0.4) is 0 Å². The van der Waals surface area contributed by atoms with Crippen LogP contribution in [0.1, 0.15) is 18.9 Å². The van der Waals surface area contributed by atoms with Crippen molar-refractivity contribution in [2.24, 2.45) is 5.92 Å². The minimum atomic E-state index is -0.669. The minimum absolute atomic E-state index is 0.0843. The molecule has 5 heteroatoms. The van der Waals surface area contributed by atoms with Crippen molar-refractivity contribution in [1.82, 2.24) is 5.06 Å². The Morgan fingerprint density at radius 2 is 2.00 bits per heavy atom. The lowest BCUT2D eigenvalue weighted by Gasteiger charge is -2.12. The van der Waals surface area contributed by atoms with E-state index in [1.165, 1.54) is 0 Å². The molecule has 1 heterocycles. The first kappa shape index (κ1) is 12.3. The molecule has 0 spiro atoms. The van der Waals surface area contributed by atoms with E-state index in [0.717, 1.165) is 12.5 Å². The summed E-state index contributed by atoms with van der Waals surface area (Å²) in [5.74, 6) is -2.02. The predicted molar refractivity (Wildman–Crippen MR) is 61.9 cm³/mol. The summed E-state index contributed by atoms with van der Waals surface area (Å²) in [4.78, 5) is 38.8. The van der Waals surface area contributed by atoms with Crippen LogP contribution < -0.4 is 0 Å². The van der Waals surface area contributed by atoms with Crippen molar-refractivity contribution in [2.75, 3.05) is 0 Å². The number of hydrogen-bond donors (Lipinski definition) is 0. The van der Waals surface area contributed by atoms with Gasteiger partial charge in [-0.05, 0) is 12.0 Å². The standard InChI is InChI=1S/C13H13NO4/c1-9(15)18-14-12(16)8-11(13(14)17)7-10-5-3-2-4-6-10/h2-6,11H,7-8H2,1H3/t11-/m0/s1. The van der Waals surface area contributed by atoms with E-state index in [1.807, 2.05) is 30.3 Å². The van der Waals surface area contributed by atoms with Crippen molar-refractivity contribution in [1.29, 1.82) is 0 Å². The lowest BCUT2D eigenvalue weighted by atomic mass is 9.98. The number of hydrogen-bond acceptors (Lipinski definition) is 4. The summed E-state index contributed by atoms with van der Waals surface area (Å²) in [5.41, 5.74) is 0.980. The summed E-state index contributed by atoms with van der Waals surface area (Å²) in [6.45, 7) is 1.16. The first-order chi connectivity index (χ1) is 8.58. The Morgan fingerprint density at radius 1 is 1.33 bits per heavy atom. The third kappa shape index (κ3) is 2.56. The van der Waals surface area contributed by atoms with Crippen molar-refractivity contribution < 1.29 is 19.2 Å². The molecular weight excluding hydrogens is 234 g/mol. The highest BCUT2D eigenvalue weighted by Crippen LogP contribution is 2.23. The zero-order valence-corrected chi connectivity index (χ0v) is 9.96. The van der Waals surface area contributed by atoms with Crippen LogP contribution in [0.25, 0.3) is 0 Å². The maximum Gasteiger partial charge on any atom is 0.330 e. The molecule has 1 aliphatic heterocycles. The molecule has 0 aliphatic carbocycles. The highest BCUT2D eigenvalue weighted by Gasteiger charge is 2.41. The smallest absolute Gasteiger partial charge is 0.330 e. The van der Waals surface area contributed by atoms with Gasteiger partial charge in [0.25, 0.3) is 11.8 Å². The quantitative estimate of drug-likeness (QED) is 0.750. The highest BCUT2D eigenvalue weighted by atomic mass is 16.7. The number of rotatable bonds is 3. The van der Waals surface area contributed by atoms with Crippen LogP contribution in [0.2, 0.25) is 0 Å². The first-order valence-corrected chi connectivity index (χ1v) is 5.67. The summed E-state index contributed by atoms with van der Waals surface area (Å²) < 4.78 is 0. The number of nitrogens with zero attached hydrogens (tertiary/aromatic N) is 1. The predicted octanol–water partition coefficient (Wildman–Crippen LogP) is 1.08. The van der Waals surface area contributed by atoms with Gasteiger partial charge >= 0.3 is 5.97 Å². The molecule has 0 N–H and O–H groups in total. The van der Waals surface area contributed by atoms with Crippen LogP contribution >= 0.6 is 0 Å². The molecular formula is C13H13NO4. The van der Waals surface area contributed by atoms with Crippen molar-refractivity contribution in [3.8, 4) is 0 Å². The third-order valence-corrected chi connectivity index (χ3v) is 2.74. The number of carbonyl (C=O) groups is 3. The molecule has 2 rings (SSSR count). The molecule has 1 aromatic rings. The summed E-state index contributed by atoms with van der Waals surface area (Å²) >= 11 is 0. The second-order valence-corrected chi connectivity index (χ2v) is 4.20. The molecule has 0 unspecified atom stereocenters. The van der Waals surface area contributed by atoms with Gasteiger partial charge in [0, 0.05) is 13.3 Å². The van der Waals surface area contributed by atoms with E-state index < -0.39 is 23.7 Å². The van der Waals surface area contributed by atoms with Crippen molar-refractivity contribution in [2.45, 2.75) is 19.8 Å². The summed E-state index contributed by atoms with van der Waals surface area (Å²) in [6.07, 6.45) is 0.560. The van der Waals surface area contributed by atoms with Gasteiger partial charge in [-0.25, -0.2) is 4.79 Å². The molecule has 1 atom stereocenters. The molecule has 0 radical (unpaired) electrons. The molecule has 18 heavy (non-hydrogen) atoms. The van der Waals surface area contributed by atoms with Crippen LogP contribution in [0.15, 0.2) is 30.3 Å². The summed E-state index contributed by atoms with van der Waals surface area (Å²) in [5, 5.41) is 0.579. The maximum atomic E-state index is 11.9. The van der Waals surface area contributed by atoms with E-state index in [4.69, 9.17) is 0 Å². The molecule has 0 bridgehead atoms. The second kappa shape index (κ2) is 5.00. The Hall–Kier alpha value is -2.17. The van der Waals surface area contributed by atoms with Gasteiger partial charge in [-0.1, -0.05) is 30.3 Å². The monoisotopic (exact) mass is 247 g/mol. The zero-order valence-electron chi connectivity index (χ0n) is 9.96. The van der Waals surface area contributed by atoms with Crippen LogP contribution in [-0.2, 0) is 25.6 Å². The fraction of sp³-hybridized carbons (Fsp3) is 0.308. The molecule has 94 valence electrons. The SMILES string of the molecule is CC(=O)ON1C(=O)C[C@H](Cc2ccccc2)C1=O. The van der Waals surface area contributed by atoms with Gasteiger partial charge < -0.3 is 4.84 Å². The number of amides is 2. The van der Waals surface area contributed by atoms with Crippen molar-refractivity contribution in [3.05, 3.63) is 35.9 Å². The number of hydroxylamine groups is 2. The van der Waals surface area contributed by atoms with E-state index in [-0.39, 0.29) is 6.42 Å². The van der Waals surface area contributed by atoms with Gasteiger partial charge in [-0.2, -0.15) is 0 Å². The van der Waals surface area contributed by atoms with Gasteiger partial charge in [-0.3, -0.25) is 9.59 Å².